The molecule has 0 saturated heterocycles. The van der Waals surface area contributed by atoms with Crippen molar-refractivity contribution in [3.05, 3.63) is 0 Å². The van der Waals surface area contributed by atoms with Gasteiger partial charge in [-0.25, -0.2) is 4.57 Å². The second-order valence-electron chi connectivity index (χ2n) is 1.95. The van der Waals surface area contributed by atoms with Crippen molar-refractivity contribution in [1.82, 2.24) is 0 Å². The van der Waals surface area contributed by atoms with Gasteiger partial charge in [0.25, 0.3) is 0 Å². The Labute approximate surface area is 73.0 Å². The lowest BCUT2D eigenvalue weighted by molar-refractivity contribution is 0.201. The van der Waals surface area contributed by atoms with E-state index in [-0.39, 0.29) is 6.61 Å². The molecule has 2 unspecified atom stereocenters. The summed E-state index contributed by atoms with van der Waals surface area (Å²) in [6, 6.07) is 0. The largest absolute Gasteiger partial charge is 0.487 e. The maximum atomic E-state index is 10.7. The fourth-order valence-electron chi connectivity index (χ4n) is 0.426. The molecule has 8 heteroatoms. The summed E-state index contributed by atoms with van der Waals surface area (Å²) in [6.45, 7) is 1.90. The predicted molar refractivity (Wildman–Crippen MR) is 42.5 cm³/mol. The summed E-state index contributed by atoms with van der Waals surface area (Å²) in [4.78, 5) is 8.67. The summed E-state index contributed by atoms with van der Waals surface area (Å²) in [7, 11) is -4.33. The van der Waals surface area contributed by atoms with E-state index in [4.69, 9.17) is 9.45 Å². The first-order chi connectivity index (χ1) is 5.48. The average molecular weight is 218 g/mol. The van der Waals surface area contributed by atoms with Gasteiger partial charge in [-0.3, -0.25) is 9.08 Å². The minimum absolute atomic E-state index is 0.0292. The van der Waals surface area contributed by atoms with Crippen LogP contribution in [0.5, 0.6) is 0 Å². The first-order valence-electron chi connectivity index (χ1n) is 3.26. The van der Waals surface area contributed by atoms with Gasteiger partial charge in [-0.15, -0.1) is 0 Å². The normalized spacial score (nSPS) is 18.6. The van der Waals surface area contributed by atoms with Gasteiger partial charge in [0.15, 0.2) is 0 Å². The molecule has 0 spiro atoms. The van der Waals surface area contributed by atoms with Crippen LogP contribution in [0.15, 0.2) is 0 Å². The molecule has 0 bridgehead atoms. The highest BCUT2D eigenvalue weighted by Crippen LogP contribution is 2.43. The zero-order valence-corrected chi connectivity index (χ0v) is 8.22. The SMILES string of the molecule is CCCCOP(=O)(O)OS(=O)O. The van der Waals surface area contributed by atoms with Crippen molar-refractivity contribution in [2.24, 2.45) is 0 Å². The van der Waals surface area contributed by atoms with Crippen molar-refractivity contribution in [1.29, 1.82) is 0 Å². The van der Waals surface area contributed by atoms with Gasteiger partial charge in [-0.1, -0.05) is 13.3 Å². The topological polar surface area (TPSA) is 93.1 Å². The molecule has 0 radical (unpaired) electrons. The third-order valence-electron chi connectivity index (χ3n) is 0.910. The first kappa shape index (κ1) is 12.2. The van der Waals surface area contributed by atoms with Crippen molar-refractivity contribution in [3.63, 3.8) is 0 Å². The van der Waals surface area contributed by atoms with Crippen LogP contribution in [0, 0.1) is 0 Å². The van der Waals surface area contributed by atoms with Gasteiger partial charge >= 0.3 is 19.2 Å². The number of hydrogen-bond donors (Lipinski definition) is 2. The van der Waals surface area contributed by atoms with Crippen LogP contribution in [-0.2, 0) is 24.4 Å². The van der Waals surface area contributed by atoms with Crippen LogP contribution in [0.4, 0.5) is 0 Å². The molecule has 2 N–H and O–H groups in total. The summed E-state index contributed by atoms with van der Waals surface area (Å²) in [5.41, 5.74) is 0. The molecule has 74 valence electrons. The molecule has 0 saturated carbocycles. The van der Waals surface area contributed by atoms with Gasteiger partial charge < -0.3 is 4.89 Å². The highest BCUT2D eigenvalue weighted by molar-refractivity contribution is 7.79. The van der Waals surface area contributed by atoms with Crippen molar-refractivity contribution in [2.45, 2.75) is 19.8 Å². The Morgan fingerprint density at radius 3 is 2.58 bits per heavy atom. The first-order valence-corrected chi connectivity index (χ1v) is 5.79. The van der Waals surface area contributed by atoms with Gasteiger partial charge in [0.1, 0.15) is 0 Å². The van der Waals surface area contributed by atoms with Crippen LogP contribution in [0.2, 0.25) is 0 Å². The molecule has 0 heterocycles. The molecule has 6 nitrogen and oxygen atoms in total. The fourth-order valence-corrected chi connectivity index (χ4v) is 1.60. The Kier molecular flexibility index (Phi) is 5.90. The Morgan fingerprint density at radius 2 is 2.17 bits per heavy atom. The van der Waals surface area contributed by atoms with Gasteiger partial charge in [0, 0.05) is 0 Å². The van der Waals surface area contributed by atoms with E-state index in [1.54, 1.807) is 0 Å². The molecule has 0 fully saturated rings. The summed E-state index contributed by atoms with van der Waals surface area (Å²) in [6.07, 6.45) is 1.38. The van der Waals surface area contributed by atoms with E-state index in [9.17, 15) is 8.77 Å². The number of rotatable bonds is 6. The quantitative estimate of drug-likeness (QED) is 0.393. The Morgan fingerprint density at radius 1 is 1.58 bits per heavy atom. The van der Waals surface area contributed by atoms with Crippen LogP contribution in [0.3, 0.4) is 0 Å². The number of hydrogen-bond acceptors (Lipinski definition) is 4. The summed E-state index contributed by atoms with van der Waals surface area (Å²) in [5, 5.41) is 0. The van der Waals surface area contributed by atoms with Crippen molar-refractivity contribution in [2.75, 3.05) is 6.61 Å². The smallest absolute Gasteiger partial charge is 0.302 e. The molecule has 0 rings (SSSR count). The van der Waals surface area contributed by atoms with E-state index in [1.165, 1.54) is 0 Å². The lowest BCUT2D eigenvalue weighted by atomic mass is 10.4. The van der Waals surface area contributed by atoms with Gasteiger partial charge in [0.05, 0.1) is 6.61 Å². The van der Waals surface area contributed by atoms with Crippen molar-refractivity contribution >= 4 is 19.2 Å². The van der Waals surface area contributed by atoms with Crippen LogP contribution >= 0.6 is 7.82 Å². The zero-order chi connectivity index (χ0) is 9.61. The molecular weight excluding hydrogens is 207 g/mol. The predicted octanol–water partition coefficient (Wildman–Crippen LogP) is 1.06. The number of phosphoric ester groups is 1. The maximum Gasteiger partial charge on any atom is 0.487 e. The highest BCUT2D eigenvalue weighted by Gasteiger charge is 2.23. The molecule has 2 atom stereocenters. The molecule has 0 aromatic heterocycles. The Balaban J connectivity index is 3.72. The summed E-state index contributed by atoms with van der Waals surface area (Å²) < 4.78 is 36.7. The molecule has 12 heavy (non-hydrogen) atoms. The van der Waals surface area contributed by atoms with Gasteiger partial charge in [0.2, 0.25) is 0 Å². The monoisotopic (exact) mass is 218 g/mol. The van der Waals surface area contributed by atoms with Crippen molar-refractivity contribution < 1.29 is 26.7 Å². The highest BCUT2D eigenvalue weighted by atomic mass is 32.2. The van der Waals surface area contributed by atoms with E-state index < -0.39 is 19.2 Å². The van der Waals surface area contributed by atoms with E-state index in [0.717, 1.165) is 6.42 Å². The standard InChI is InChI=1S/C4H11O6PS/c1-2-3-4-9-11(5,6)10-12(7)8/h2-4H2,1H3,(H,5,6)(H,7,8). The van der Waals surface area contributed by atoms with Crippen LogP contribution < -0.4 is 0 Å². The molecule has 0 aliphatic carbocycles. The summed E-state index contributed by atoms with van der Waals surface area (Å²) in [5.74, 6) is 0. The lowest BCUT2D eigenvalue weighted by Crippen LogP contribution is -1.98. The third kappa shape index (κ3) is 6.90. The fraction of sp³-hybridized carbons (Fsp3) is 1.00. The Hall–Kier alpha value is 0.220. The van der Waals surface area contributed by atoms with Gasteiger partial charge in [-0.2, -0.15) is 8.18 Å². The molecule has 0 amide bonds. The van der Waals surface area contributed by atoms with E-state index in [0.29, 0.717) is 6.42 Å². The van der Waals surface area contributed by atoms with E-state index in [1.807, 2.05) is 6.92 Å². The number of phosphoric acid groups is 1. The van der Waals surface area contributed by atoms with Crippen molar-refractivity contribution in [3.8, 4) is 0 Å². The zero-order valence-electron chi connectivity index (χ0n) is 6.50. The lowest BCUT2D eigenvalue weighted by Gasteiger charge is -2.07. The molecule has 0 aromatic rings. The molecule has 0 aliphatic rings. The minimum atomic E-state index is -4.33. The van der Waals surface area contributed by atoms with E-state index in [2.05, 4.69) is 8.49 Å². The molecule has 0 aromatic carbocycles. The second-order valence-corrected chi connectivity index (χ2v) is 4.17. The molecule has 0 aliphatic heterocycles. The molecular formula is C4H11O6PS. The van der Waals surface area contributed by atoms with Gasteiger partial charge in [-0.05, 0) is 6.42 Å². The van der Waals surface area contributed by atoms with Crippen LogP contribution in [-0.4, -0.2) is 20.3 Å². The summed E-state index contributed by atoms with van der Waals surface area (Å²) >= 11 is -2.78. The third-order valence-corrected chi connectivity index (χ3v) is 2.68. The van der Waals surface area contributed by atoms with Crippen LogP contribution in [0.25, 0.3) is 0 Å². The minimum Gasteiger partial charge on any atom is -0.302 e. The average Bonchev–Trinajstić information content (AvgIpc) is 1.84. The maximum absolute atomic E-state index is 10.7. The van der Waals surface area contributed by atoms with Crippen LogP contribution in [0.1, 0.15) is 19.8 Å². The van der Waals surface area contributed by atoms with E-state index >= 15 is 0 Å². The number of unbranched alkanes of at least 4 members (excludes halogenated alkanes) is 1. The Bertz CT molecular complexity index is 194. The second kappa shape index (κ2) is 5.80.